The molecule has 0 unspecified atom stereocenters. The summed E-state index contributed by atoms with van der Waals surface area (Å²) in [6.07, 6.45) is 1.37. The van der Waals surface area contributed by atoms with Crippen LogP contribution in [0.25, 0.3) is 10.8 Å². The fourth-order valence-corrected chi connectivity index (χ4v) is 4.50. The first-order chi connectivity index (χ1) is 17.7. The summed E-state index contributed by atoms with van der Waals surface area (Å²) in [5.74, 6) is -0.924. The van der Waals surface area contributed by atoms with Crippen LogP contribution in [0.5, 0.6) is 5.75 Å². The van der Waals surface area contributed by atoms with Crippen LogP contribution >= 0.6 is 0 Å². The topological polar surface area (TPSA) is 114 Å². The zero-order valence-electron chi connectivity index (χ0n) is 20.3. The third kappa shape index (κ3) is 6.46. The summed E-state index contributed by atoms with van der Waals surface area (Å²) >= 11 is 0. The van der Waals surface area contributed by atoms with Gasteiger partial charge in [0.25, 0.3) is 5.91 Å². The molecule has 0 aliphatic carbocycles. The van der Waals surface area contributed by atoms with Gasteiger partial charge in [0.15, 0.2) is 0 Å². The first-order valence-corrected chi connectivity index (χ1v) is 12.9. The van der Waals surface area contributed by atoms with Gasteiger partial charge in [0.05, 0.1) is 23.2 Å². The first-order valence-electron chi connectivity index (χ1n) is 11.4. The van der Waals surface area contributed by atoms with Gasteiger partial charge in [-0.05, 0) is 55.0 Å². The second-order valence-corrected chi connectivity index (χ2v) is 10.2. The predicted octanol–water partition coefficient (Wildman–Crippen LogP) is 4.10. The molecule has 8 nitrogen and oxygen atoms in total. The number of carbonyl (C=O) groups is 2. The van der Waals surface area contributed by atoms with E-state index in [1.54, 1.807) is 30.3 Å². The van der Waals surface area contributed by atoms with Gasteiger partial charge in [-0.15, -0.1) is 0 Å². The van der Waals surface area contributed by atoms with Crippen LogP contribution in [-0.4, -0.2) is 33.1 Å². The second-order valence-electron chi connectivity index (χ2n) is 8.38. The fraction of sp³-hybridized carbons (Fsp3) is 0.107. The molecule has 2 N–H and O–H groups in total. The predicted molar refractivity (Wildman–Crippen MR) is 142 cm³/mol. The molecule has 0 spiro atoms. The average molecular weight is 516 g/mol. The van der Waals surface area contributed by atoms with E-state index in [0.717, 1.165) is 21.9 Å². The number of aryl methyl sites for hydroxylation is 2. The highest BCUT2D eigenvalue weighted by Gasteiger charge is 2.16. The molecule has 0 aromatic heterocycles. The van der Waals surface area contributed by atoms with Crippen LogP contribution in [0.1, 0.15) is 27.0 Å². The highest BCUT2D eigenvalue weighted by atomic mass is 32.2. The maximum absolute atomic E-state index is 12.7. The molecule has 0 bridgehead atoms. The largest absolute Gasteiger partial charge is 0.422 e. The number of nitrogens with one attached hydrogen (secondary N) is 2. The van der Waals surface area contributed by atoms with E-state index < -0.39 is 28.4 Å². The van der Waals surface area contributed by atoms with Crippen LogP contribution in [0, 0.1) is 13.8 Å². The number of hydrogen-bond donors (Lipinski definition) is 2. The molecule has 0 saturated carbocycles. The number of esters is 1. The molecule has 37 heavy (non-hydrogen) atoms. The third-order valence-electron chi connectivity index (χ3n) is 5.56. The lowest BCUT2D eigenvalue weighted by Crippen LogP contribution is -2.34. The SMILES string of the molecule is Cc1ccc(C(=O)Oc2ccc3ccccc3c2C=NNC(=O)CNS(=O)(=O)c2ccc(C)cc2)cc1. The van der Waals surface area contributed by atoms with Crippen molar-refractivity contribution < 1.29 is 22.7 Å². The maximum Gasteiger partial charge on any atom is 0.343 e. The van der Waals surface area contributed by atoms with Gasteiger partial charge in [0, 0.05) is 5.56 Å². The van der Waals surface area contributed by atoms with Gasteiger partial charge in [-0.1, -0.05) is 65.7 Å². The zero-order valence-corrected chi connectivity index (χ0v) is 21.1. The third-order valence-corrected chi connectivity index (χ3v) is 6.97. The lowest BCUT2D eigenvalue weighted by atomic mass is 10.0. The van der Waals surface area contributed by atoms with Gasteiger partial charge in [0.1, 0.15) is 5.75 Å². The van der Waals surface area contributed by atoms with Crippen molar-refractivity contribution in [1.82, 2.24) is 10.1 Å². The molecule has 0 aliphatic rings. The van der Waals surface area contributed by atoms with Crippen molar-refractivity contribution in [2.75, 3.05) is 6.54 Å². The summed E-state index contributed by atoms with van der Waals surface area (Å²) in [6, 6.07) is 24.2. The molecule has 0 aliphatic heterocycles. The van der Waals surface area contributed by atoms with Crippen LogP contribution in [0.4, 0.5) is 0 Å². The summed E-state index contributed by atoms with van der Waals surface area (Å²) in [7, 11) is -3.85. The van der Waals surface area contributed by atoms with Crippen molar-refractivity contribution in [1.29, 1.82) is 0 Å². The number of nitrogens with zero attached hydrogens (tertiary/aromatic N) is 1. The number of fused-ring (bicyclic) bond motifs is 1. The molecule has 9 heteroatoms. The van der Waals surface area contributed by atoms with Gasteiger partial charge in [-0.25, -0.2) is 23.4 Å². The number of benzene rings is 4. The van der Waals surface area contributed by atoms with Crippen molar-refractivity contribution >= 4 is 38.9 Å². The van der Waals surface area contributed by atoms with E-state index in [-0.39, 0.29) is 10.6 Å². The Labute approximate surface area is 215 Å². The zero-order chi connectivity index (χ0) is 26.4. The molecule has 4 rings (SSSR count). The van der Waals surface area contributed by atoms with Crippen molar-refractivity contribution in [3.63, 3.8) is 0 Å². The summed E-state index contributed by atoms with van der Waals surface area (Å²) in [5.41, 5.74) is 5.13. The van der Waals surface area contributed by atoms with Crippen LogP contribution in [-0.2, 0) is 14.8 Å². The highest BCUT2D eigenvalue weighted by Crippen LogP contribution is 2.27. The van der Waals surface area contributed by atoms with Gasteiger partial charge in [0.2, 0.25) is 10.0 Å². The summed E-state index contributed by atoms with van der Waals surface area (Å²) in [5, 5.41) is 5.62. The van der Waals surface area contributed by atoms with Gasteiger partial charge < -0.3 is 4.74 Å². The Kier molecular flexibility index (Phi) is 7.76. The summed E-state index contributed by atoms with van der Waals surface area (Å²) in [4.78, 5) is 25.0. The van der Waals surface area contributed by atoms with Gasteiger partial charge in [-0.3, -0.25) is 4.79 Å². The van der Waals surface area contributed by atoms with Crippen LogP contribution in [0.2, 0.25) is 0 Å². The Hall–Kier alpha value is -4.34. The van der Waals surface area contributed by atoms with E-state index in [4.69, 9.17) is 4.74 Å². The smallest absolute Gasteiger partial charge is 0.343 e. The molecule has 188 valence electrons. The minimum Gasteiger partial charge on any atom is -0.422 e. The Bertz CT molecular complexity index is 1580. The van der Waals surface area contributed by atoms with E-state index in [1.165, 1.54) is 18.3 Å². The second kappa shape index (κ2) is 11.2. The Morgan fingerprint density at radius 2 is 1.51 bits per heavy atom. The van der Waals surface area contributed by atoms with E-state index in [9.17, 15) is 18.0 Å². The molecule has 4 aromatic carbocycles. The van der Waals surface area contributed by atoms with Crippen molar-refractivity contribution in [3.05, 3.63) is 107 Å². The van der Waals surface area contributed by atoms with Gasteiger partial charge >= 0.3 is 5.97 Å². The van der Waals surface area contributed by atoms with Crippen molar-refractivity contribution in [2.45, 2.75) is 18.7 Å². The number of sulfonamides is 1. The Morgan fingerprint density at radius 3 is 2.22 bits per heavy atom. The Morgan fingerprint density at radius 1 is 0.865 bits per heavy atom. The number of rotatable bonds is 8. The van der Waals surface area contributed by atoms with E-state index in [0.29, 0.717) is 11.1 Å². The summed E-state index contributed by atoms with van der Waals surface area (Å²) < 4.78 is 32.7. The maximum atomic E-state index is 12.7. The number of amides is 1. The fourth-order valence-electron chi connectivity index (χ4n) is 3.52. The van der Waals surface area contributed by atoms with Gasteiger partial charge in [-0.2, -0.15) is 5.10 Å². The lowest BCUT2D eigenvalue weighted by molar-refractivity contribution is -0.119. The molecule has 0 radical (unpaired) electrons. The minimum absolute atomic E-state index is 0.0604. The number of hydrazone groups is 1. The van der Waals surface area contributed by atoms with Crippen molar-refractivity contribution in [2.24, 2.45) is 5.10 Å². The van der Waals surface area contributed by atoms with Crippen LogP contribution < -0.4 is 14.9 Å². The molecule has 1 amide bonds. The number of carbonyl (C=O) groups excluding carboxylic acids is 2. The lowest BCUT2D eigenvalue weighted by Gasteiger charge is -2.11. The molecule has 0 saturated heterocycles. The monoisotopic (exact) mass is 515 g/mol. The van der Waals surface area contributed by atoms with E-state index >= 15 is 0 Å². The minimum atomic E-state index is -3.85. The van der Waals surface area contributed by atoms with E-state index in [1.807, 2.05) is 56.3 Å². The quantitative estimate of drug-likeness (QED) is 0.159. The average Bonchev–Trinajstić information content (AvgIpc) is 2.89. The number of hydrogen-bond acceptors (Lipinski definition) is 6. The summed E-state index contributed by atoms with van der Waals surface area (Å²) in [6.45, 7) is 3.27. The molecule has 4 aromatic rings. The molecule has 0 atom stereocenters. The van der Waals surface area contributed by atoms with E-state index in [2.05, 4.69) is 15.2 Å². The number of ether oxygens (including phenoxy) is 1. The first kappa shape index (κ1) is 25.7. The standard InChI is InChI=1S/C28H25N3O5S/c1-19-7-11-22(12-8-19)28(33)36-26-16-13-21-5-3-4-6-24(21)25(26)17-29-31-27(32)18-30-37(34,35)23-14-9-20(2)10-15-23/h3-17,30H,18H2,1-2H3,(H,31,32). The molecule has 0 heterocycles. The van der Waals surface area contributed by atoms with Crippen molar-refractivity contribution in [3.8, 4) is 5.75 Å². The highest BCUT2D eigenvalue weighted by molar-refractivity contribution is 7.89. The molecular weight excluding hydrogens is 490 g/mol. The normalized spacial score (nSPS) is 11.5. The van der Waals surface area contributed by atoms with Crippen LogP contribution in [0.15, 0.2) is 94.9 Å². The van der Waals surface area contributed by atoms with Crippen LogP contribution in [0.3, 0.4) is 0 Å². The molecular formula is C28H25N3O5S. The molecule has 0 fully saturated rings. The Balaban J connectivity index is 1.48.